The first-order valence-electron chi connectivity index (χ1n) is 6.39. The third-order valence-electron chi connectivity index (χ3n) is 3.16. The second-order valence-corrected chi connectivity index (χ2v) is 5.97. The summed E-state index contributed by atoms with van der Waals surface area (Å²) in [7, 11) is 0. The summed E-state index contributed by atoms with van der Waals surface area (Å²) in [6.45, 7) is 0. The van der Waals surface area contributed by atoms with Gasteiger partial charge in [-0.3, -0.25) is 0 Å². The molecule has 0 radical (unpaired) electrons. The zero-order valence-corrected chi connectivity index (χ0v) is 13.4. The Bertz CT molecular complexity index is 832. The number of rotatable bonds is 3. The maximum absolute atomic E-state index is 5.96. The van der Waals surface area contributed by atoms with Gasteiger partial charge in [-0.2, -0.15) is 0 Å². The van der Waals surface area contributed by atoms with Gasteiger partial charge in [0.1, 0.15) is 16.5 Å². The van der Waals surface area contributed by atoms with Crippen molar-refractivity contribution in [2.45, 2.75) is 0 Å². The number of ether oxygens (including phenoxy) is 1. The highest BCUT2D eigenvalue weighted by Crippen LogP contribution is 2.30. The number of hydrogen-bond acceptors (Lipinski definition) is 2. The zero-order valence-electron chi connectivity index (χ0n) is 11.0. The standard InChI is InChI=1S/C17H12BrNOS/c18-13-6-8-15(17(19)21)16(10-13)20-14-7-5-11-3-1-2-4-12(11)9-14/h1-10H,(H2,19,21). The van der Waals surface area contributed by atoms with E-state index in [0.717, 1.165) is 21.2 Å². The molecule has 0 aliphatic rings. The monoisotopic (exact) mass is 357 g/mol. The highest BCUT2D eigenvalue weighted by molar-refractivity contribution is 9.10. The number of fused-ring (bicyclic) bond motifs is 1. The molecule has 4 heteroatoms. The molecule has 0 atom stereocenters. The van der Waals surface area contributed by atoms with E-state index in [1.807, 2.05) is 48.5 Å². The van der Waals surface area contributed by atoms with E-state index in [-0.39, 0.29) is 0 Å². The first kappa shape index (κ1) is 14.0. The van der Waals surface area contributed by atoms with Crippen molar-refractivity contribution in [3.63, 3.8) is 0 Å². The van der Waals surface area contributed by atoms with Gasteiger partial charge in [0.2, 0.25) is 0 Å². The fourth-order valence-corrected chi connectivity index (χ4v) is 2.65. The van der Waals surface area contributed by atoms with Crippen LogP contribution in [0.2, 0.25) is 0 Å². The smallest absolute Gasteiger partial charge is 0.138 e. The van der Waals surface area contributed by atoms with Crippen molar-refractivity contribution in [1.82, 2.24) is 0 Å². The number of benzene rings is 3. The minimum atomic E-state index is 0.318. The molecule has 3 aromatic carbocycles. The first-order chi connectivity index (χ1) is 10.1. The predicted octanol–water partition coefficient (Wildman–Crippen LogP) is 5.03. The van der Waals surface area contributed by atoms with E-state index >= 15 is 0 Å². The van der Waals surface area contributed by atoms with Crippen LogP contribution in [0.1, 0.15) is 5.56 Å². The molecule has 0 saturated heterocycles. The Kier molecular flexibility index (Phi) is 3.90. The van der Waals surface area contributed by atoms with Gasteiger partial charge in [0.05, 0.1) is 5.56 Å². The van der Waals surface area contributed by atoms with E-state index in [4.69, 9.17) is 22.7 Å². The second kappa shape index (κ2) is 5.84. The van der Waals surface area contributed by atoms with Crippen molar-refractivity contribution in [2.75, 3.05) is 0 Å². The lowest BCUT2D eigenvalue weighted by Crippen LogP contribution is -2.10. The molecule has 3 aromatic rings. The van der Waals surface area contributed by atoms with E-state index in [1.165, 1.54) is 5.39 Å². The third-order valence-corrected chi connectivity index (χ3v) is 3.87. The van der Waals surface area contributed by atoms with Gasteiger partial charge in [-0.25, -0.2) is 0 Å². The molecular formula is C17H12BrNOS. The molecule has 0 spiro atoms. The molecule has 0 aromatic heterocycles. The highest BCUT2D eigenvalue weighted by Gasteiger charge is 2.09. The summed E-state index contributed by atoms with van der Waals surface area (Å²) in [6, 6.07) is 19.7. The number of hydrogen-bond donors (Lipinski definition) is 1. The Labute approximate surface area is 136 Å². The van der Waals surface area contributed by atoms with Crippen LogP contribution in [0.3, 0.4) is 0 Å². The molecule has 0 amide bonds. The Morgan fingerprint density at radius 2 is 1.71 bits per heavy atom. The molecule has 0 aliphatic heterocycles. The van der Waals surface area contributed by atoms with Gasteiger partial charge in [0, 0.05) is 4.47 Å². The Morgan fingerprint density at radius 1 is 0.952 bits per heavy atom. The molecule has 0 saturated carbocycles. The minimum Gasteiger partial charge on any atom is -0.457 e. The zero-order chi connectivity index (χ0) is 14.8. The summed E-state index contributed by atoms with van der Waals surface area (Å²) in [4.78, 5) is 0.318. The molecular weight excluding hydrogens is 346 g/mol. The maximum atomic E-state index is 5.96. The molecule has 0 fully saturated rings. The van der Waals surface area contributed by atoms with E-state index < -0.39 is 0 Å². The van der Waals surface area contributed by atoms with Crippen molar-refractivity contribution < 1.29 is 4.74 Å². The normalized spacial score (nSPS) is 10.5. The van der Waals surface area contributed by atoms with E-state index in [1.54, 1.807) is 0 Å². The number of nitrogens with two attached hydrogens (primary N) is 1. The van der Waals surface area contributed by atoms with Crippen LogP contribution in [0.15, 0.2) is 65.1 Å². The van der Waals surface area contributed by atoms with Crippen LogP contribution in [-0.4, -0.2) is 4.99 Å². The third kappa shape index (κ3) is 3.06. The van der Waals surface area contributed by atoms with Crippen LogP contribution in [0.5, 0.6) is 11.5 Å². The molecule has 2 nitrogen and oxygen atoms in total. The van der Waals surface area contributed by atoms with Crippen molar-refractivity contribution in [1.29, 1.82) is 0 Å². The molecule has 2 N–H and O–H groups in total. The highest BCUT2D eigenvalue weighted by atomic mass is 79.9. The predicted molar refractivity (Wildman–Crippen MR) is 94.1 cm³/mol. The first-order valence-corrected chi connectivity index (χ1v) is 7.59. The van der Waals surface area contributed by atoms with E-state index in [0.29, 0.717) is 10.7 Å². The summed E-state index contributed by atoms with van der Waals surface area (Å²) in [5.41, 5.74) is 6.47. The lowest BCUT2D eigenvalue weighted by atomic mass is 10.1. The van der Waals surface area contributed by atoms with Gasteiger partial charge in [-0.05, 0) is 41.1 Å². The Balaban J connectivity index is 2.02. The van der Waals surface area contributed by atoms with Crippen LogP contribution in [-0.2, 0) is 0 Å². The van der Waals surface area contributed by atoms with Crippen LogP contribution >= 0.6 is 28.1 Å². The summed E-state index contributed by atoms with van der Waals surface area (Å²) >= 11 is 8.50. The van der Waals surface area contributed by atoms with Crippen LogP contribution in [0.4, 0.5) is 0 Å². The Hall–Kier alpha value is -1.91. The summed E-state index contributed by atoms with van der Waals surface area (Å²) in [6.07, 6.45) is 0. The lowest BCUT2D eigenvalue weighted by molar-refractivity contribution is 0.482. The van der Waals surface area contributed by atoms with Crippen LogP contribution < -0.4 is 10.5 Å². The largest absolute Gasteiger partial charge is 0.457 e. The topological polar surface area (TPSA) is 35.2 Å². The quantitative estimate of drug-likeness (QED) is 0.667. The van der Waals surface area contributed by atoms with Gasteiger partial charge < -0.3 is 10.5 Å². The average Bonchev–Trinajstić information content (AvgIpc) is 2.47. The van der Waals surface area contributed by atoms with Crippen molar-refractivity contribution in [3.05, 3.63) is 70.7 Å². The lowest BCUT2D eigenvalue weighted by Gasteiger charge is -2.11. The van der Waals surface area contributed by atoms with Gasteiger partial charge in [-0.15, -0.1) is 0 Å². The van der Waals surface area contributed by atoms with Crippen LogP contribution in [0.25, 0.3) is 10.8 Å². The summed E-state index contributed by atoms with van der Waals surface area (Å²) in [5, 5.41) is 2.30. The minimum absolute atomic E-state index is 0.318. The van der Waals surface area contributed by atoms with Gasteiger partial charge in [-0.1, -0.05) is 58.5 Å². The summed E-state index contributed by atoms with van der Waals surface area (Å²) in [5.74, 6) is 1.40. The SMILES string of the molecule is NC(=S)c1ccc(Br)cc1Oc1ccc2ccccc2c1. The molecule has 0 bridgehead atoms. The summed E-state index contributed by atoms with van der Waals surface area (Å²) < 4.78 is 6.88. The number of thiocarbonyl (C=S) groups is 1. The van der Waals surface area contributed by atoms with Crippen molar-refractivity contribution >= 4 is 43.9 Å². The second-order valence-electron chi connectivity index (χ2n) is 4.62. The molecule has 104 valence electrons. The van der Waals surface area contributed by atoms with Crippen molar-refractivity contribution in [2.24, 2.45) is 5.73 Å². The fourth-order valence-electron chi connectivity index (χ4n) is 2.14. The molecule has 0 aliphatic carbocycles. The van der Waals surface area contributed by atoms with Crippen LogP contribution in [0, 0.1) is 0 Å². The Morgan fingerprint density at radius 3 is 2.48 bits per heavy atom. The molecule has 0 heterocycles. The van der Waals surface area contributed by atoms with E-state index in [2.05, 4.69) is 28.1 Å². The number of halogens is 1. The van der Waals surface area contributed by atoms with Gasteiger partial charge in [0.15, 0.2) is 0 Å². The molecule has 3 rings (SSSR count). The van der Waals surface area contributed by atoms with Gasteiger partial charge in [0.25, 0.3) is 0 Å². The van der Waals surface area contributed by atoms with Crippen molar-refractivity contribution in [3.8, 4) is 11.5 Å². The van der Waals surface area contributed by atoms with Gasteiger partial charge >= 0.3 is 0 Å². The molecule has 21 heavy (non-hydrogen) atoms. The van der Waals surface area contributed by atoms with E-state index in [9.17, 15) is 0 Å². The maximum Gasteiger partial charge on any atom is 0.138 e. The fraction of sp³-hybridized carbons (Fsp3) is 0. The molecule has 0 unspecified atom stereocenters. The average molecular weight is 358 g/mol.